The zero-order chi connectivity index (χ0) is 29.7. The smallest absolute Gasteiger partial charge is 0.326 e. The van der Waals surface area contributed by atoms with Gasteiger partial charge in [-0.2, -0.15) is 0 Å². The van der Waals surface area contributed by atoms with Crippen molar-refractivity contribution < 1.29 is 24.3 Å². The van der Waals surface area contributed by atoms with Gasteiger partial charge in [0.2, 0.25) is 17.7 Å². The van der Waals surface area contributed by atoms with E-state index in [1.807, 2.05) is 24.3 Å². The molecule has 0 aliphatic carbocycles. The molecule has 0 aliphatic heterocycles. The number of aromatic amines is 1. The lowest BCUT2D eigenvalue weighted by molar-refractivity contribution is -0.142. The number of para-hydroxylation sites is 1. The molecule has 220 valence electrons. The Morgan fingerprint density at radius 1 is 0.950 bits per heavy atom. The maximum atomic E-state index is 13.1. The summed E-state index contributed by atoms with van der Waals surface area (Å²) < 4.78 is 0. The molecule has 4 atom stereocenters. The number of H-pyrrole nitrogens is 1. The first kappa shape index (κ1) is 32.0. The van der Waals surface area contributed by atoms with Crippen LogP contribution in [0.1, 0.15) is 44.6 Å². The van der Waals surface area contributed by atoms with Gasteiger partial charge in [-0.15, -0.1) is 0 Å². The molecule has 4 unspecified atom stereocenters. The molecule has 0 saturated carbocycles. The van der Waals surface area contributed by atoms with Gasteiger partial charge < -0.3 is 49.0 Å². The molecule has 14 heteroatoms. The fraction of sp³-hybridized carbons (Fsp3) is 0.500. The molecule has 1 aromatic heterocycles. The number of hydrogen-bond donors (Lipinski definition) is 9. The van der Waals surface area contributed by atoms with Gasteiger partial charge in [-0.3, -0.25) is 19.4 Å². The van der Waals surface area contributed by atoms with Gasteiger partial charge in [0.25, 0.3) is 0 Å². The lowest BCUT2D eigenvalue weighted by Crippen LogP contribution is -2.56. The minimum atomic E-state index is -1.23. The maximum Gasteiger partial charge on any atom is 0.326 e. The zero-order valence-electron chi connectivity index (χ0n) is 22.7. The first-order valence-electron chi connectivity index (χ1n) is 13.2. The average molecular weight is 560 g/mol. The molecule has 0 aliphatic rings. The third-order valence-corrected chi connectivity index (χ3v) is 6.34. The molecule has 0 spiro atoms. The number of unbranched alkanes of at least 4 members (excludes halogenated alkanes) is 1. The van der Waals surface area contributed by atoms with Gasteiger partial charge in [0.1, 0.15) is 18.1 Å². The first-order chi connectivity index (χ1) is 19.0. The van der Waals surface area contributed by atoms with Gasteiger partial charge in [0.15, 0.2) is 5.96 Å². The standard InChI is InChI=1S/C26H41N9O5/c1-15(22(36)35-21(25(39)40)10-6-12-31-26(29)30)33-24(38)20(9-4-5-11-27)34-23(37)18(28)13-16-14-32-19-8-3-2-7-17(16)19/h2-3,7-8,14-15,18,20-21,32H,4-6,9-13,27-28H2,1H3,(H,33,38)(H,34,37)(H,35,36)(H,39,40)(H4,29,30,31). The molecule has 0 radical (unpaired) electrons. The quantitative estimate of drug-likeness (QED) is 0.0638. The number of aromatic nitrogens is 1. The summed E-state index contributed by atoms with van der Waals surface area (Å²) in [6, 6.07) is 3.51. The Balaban J connectivity index is 1.98. The molecule has 2 aromatic rings. The van der Waals surface area contributed by atoms with Gasteiger partial charge in [-0.1, -0.05) is 18.2 Å². The lowest BCUT2D eigenvalue weighted by atomic mass is 10.0. The van der Waals surface area contributed by atoms with Gasteiger partial charge in [0.05, 0.1) is 6.04 Å². The fourth-order valence-electron chi connectivity index (χ4n) is 4.11. The number of amides is 3. The third-order valence-electron chi connectivity index (χ3n) is 6.34. The van der Waals surface area contributed by atoms with E-state index in [-0.39, 0.29) is 31.8 Å². The Morgan fingerprint density at radius 3 is 2.30 bits per heavy atom. The van der Waals surface area contributed by atoms with Crippen molar-refractivity contribution in [1.29, 1.82) is 0 Å². The number of aliphatic imine (C=N–C) groups is 1. The minimum absolute atomic E-state index is 0.0879. The van der Waals surface area contributed by atoms with Crippen molar-refractivity contribution in [3.63, 3.8) is 0 Å². The summed E-state index contributed by atoms with van der Waals surface area (Å²) in [6.45, 7) is 2.05. The first-order valence-corrected chi connectivity index (χ1v) is 13.2. The number of benzene rings is 1. The molecule has 0 saturated heterocycles. The maximum absolute atomic E-state index is 13.1. The van der Waals surface area contributed by atoms with Crippen LogP contribution in [0.2, 0.25) is 0 Å². The van der Waals surface area contributed by atoms with Crippen LogP contribution >= 0.6 is 0 Å². The van der Waals surface area contributed by atoms with Gasteiger partial charge in [0, 0.05) is 23.6 Å². The van der Waals surface area contributed by atoms with Crippen molar-refractivity contribution in [2.45, 2.75) is 69.6 Å². The number of guanidine groups is 1. The lowest BCUT2D eigenvalue weighted by Gasteiger charge is -2.23. The van der Waals surface area contributed by atoms with Gasteiger partial charge in [-0.05, 0) is 63.6 Å². The van der Waals surface area contributed by atoms with Crippen LogP contribution in [0, 0.1) is 0 Å². The van der Waals surface area contributed by atoms with E-state index in [4.69, 9.17) is 22.9 Å². The summed E-state index contributed by atoms with van der Waals surface area (Å²) in [6.07, 6.45) is 3.95. The molecule has 0 bridgehead atoms. The summed E-state index contributed by atoms with van der Waals surface area (Å²) in [4.78, 5) is 57.2. The number of hydrogen-bond acceptors (Lipinski definition) is 7. The van der Waals surface area contributed by atoms with Crippen molar-refractivity contribution >= 4 is 40.6 Å². The predicted octanol–water partition coefficient (Wildman–Crippen LogP) is -1.22. The number of aliphatic carboxylic acids is 1. The predicted molar refractivity (Wildman–Crippen MR) is 152 cm³/mol. The second-order valence-electron chi connectivity index (χ2n) is 9.59. The van der Waals surface area contributed by atoms with Crippen molar-refractivity contribution in [3.8, 4) is 0 Å². The van der Waals surface area contributed by atoms with Crippen LogP contribution in [0.3, 0.4) is 0 Å². The average Bonchev–Trinajstić information content (AvgIpc) is 3.31. The highest BCUT2D eigenvalue weighted by atomic mass is 16.4. The number of fused-ring (bicyclic) bond motifs is 1. The number of nitrogens with one attached hydrogen (secondary N) is 4. The van der Waals surface area contributed by atoms with E-state index in [9.17, 15) is 24.3 Å². The zero-order valence-corrected chi connectivity index (χ0v) is 22.7. The molecule has 1 heterocycles. The fourth-order valence-corrected chi connectivity index (χ4v) is 4.11. The highest BCUT2D eigenvalue weighted by molar-refractivity contribution is 5.94. The van der Waals surface area contributed by atoms with E-state index < -0.39 is 47.9 Å². The van der Waals surface area contributed by atoms with Crippen LogP contribution in [-0.4, -0.2) is 77.0 Å². The molecule has 40 heavy (non-hydrogen) atoms. The van der Waals surface area contributed by atoms with Crippen LogP contribution < -0.4 is 38.9 Å². The van der Waals surface area contributed by atoms with Crippen LogP contribution in [-0.2, 0) is 25.6 Å². The van der Waals surface area contributed by atoms with E-state index in [2.05, 4.69) is 25.9 Å². The molecular weight excluding hydrogens is 518 g/mol. The van der Waals surface area contributed by atoms with Crippen molar-refractivity contribution in [2.75, 3.05) is 13.1 Å². The molecule has 0 fully saturated rings. The number of carboxylic acid groups (broad SMARTS) is 1. The van der Waals surface area contributed by atoms with Gasteiger partial charge in [-0.25, -0.2) is 4.79 Å². The molecular formula is C26H41N9O5. The highest BCUT2D eigenvalue weighted by Crippen LogP contribution is 2.19. The molecule has 2 rings (SSSR count). The number of rotatable bonds is 17. The highest BCUT2D eigenvalue weighted by Gasteiger charge is 2.28. The normalized spacial score (nSPS) is 14.0. The number of nitrogens with zero attached hydrogens (tertiary/aromatic N) is 1. The van der Waals surface area contributed by atoms with E-state index >= 15 is 0 Å². The summed E-state index contributed by atoms with van der Waals surface area (Å²) in [5.74, 6) is -3.13. The summed E-state index contributed by atoms with van der Waals surface area (Å²) in [5, 5.41) is 18.1. The second-order valence-corrected chi connectivity index (χ2v) is 9.59. The summed E-state index contributed by atoms with van der Waals surface area (Å²) >= 11 is 0. The third kappa shape index (κ3) is 10.2. The van der Waals surface area contributed by atoms with Crippen molar-refractivity contribution in [2.24, 2.45) is 27.9 Å². The van der Waals surface area contributed by atoms with Crippen molar-refractivity contribution in [3.05, 3.63) is 36.0 Å². The van der Waals surface area contributed by atoms with Crippen molar-refractivity contribution in [1.82, 2.24) is 20.9 Å². The van der Waals surface area contributed by atoms with Crippen LogP contribution in [0.25, 0.3) is 10.9 Å². The number of carbonyl (C=O) groups excluding carboxylic acids is 3. The largest absolute Gasteiger partial charge is 0.480 e. The van der Waals surface area contributed by atoms with Crippen LogP contribution in [0.4, 0.5) is 0 Å². The van der Waals surface area contributed by atoms with E-state index in [0.29, 0.717) is 25.8 Å². The Labute approximate surface area is 232 Å². The monoisotopic (exact) mass is 559 g/mol. The molecule has 14 nitrogen and oxygen atoms in total. The van der Waals surface area contributed by atoms with E-state index in [1.165, 1.54) is 6.92 Å². The van der Waals surface area contributed by atoms with Crippen LogP contribution in [0.5, 0.6) is 0 Å². The Kier molecular flexibility index (Phi) is 12.9. The Morgan fingerprint density at radius 2 is 1.62 bits per heavy atom. The van der Waals surface area contributed by atoms with Crippen LogP contribution in [0.15, 0.2) is 35.5 Å². The summed E-state index contributed by atoms with van der Waals surface area (Å²) in [7, 11) is 0. The summed E-state index contributed by atoms with van der Waals surface area (Å²) in [5.41, 5.74) is 24.1. The Bertz CT molecular complexity index is 1180. The Hall–Kier alpha value is -4.17. The second kappa shape index (κ2) is 16.1. The SMILES string of the molecule is CC(NC(=O)C(CCCCN)NC(=O)C(N)Cc1c[nH]c2ccccc12)C(=O)NC(CCCN=C(N)N)C(=O)O. The van der Waals surface area contributed by atoms with Gasteiger partial charge >= 0.3 is 5.97 Å². The number of carbonyl (C=O) groups is 4. The molecule has 13 N–H and O–H groups in total. The molecule has 1 aromatic carbocycles. The number of nitrogens with two attached hydrogens (primary N) is 4. The van der Waals surface area contributed by atoms with E-state index in [1.54, 1.807) is 6.20 Å². The minimum Gasteiger partial charge on any atom is -0.480 e. The molecule has 3 amide bonds. The number of carboxylic acids is 1. The topological polar surface area (TPSA) is 257 Å². The van der Waals surface area contributed by atoms with E-state index in [0.717, 1.165) is 16.5 Å².